The minimum Gasteiger partial charge on any atom is -0.396 e. The molecule has 1 aromatic heterocycles. The predicted molar refractivity (Wildman–Crippen MR) is 79.4 cm³/mol. The Morgan fingerprint density at radius 1 is 1.45 bits per heavy atom. The summed E-state index contributed by atoms with van der Waals surface area (Å²) >= 11 is 0. The number of amides is 1. The molecule has 0 aliphatic carbocycles. The third-order valence-electron chi connectivity index (χ3n) is 4.20. The molecule has 6 heteroatoms. The number of anilines is 1. The highest BCUT2D eigenvalue weighted by molar-refractivity contribution is 5.76. The summed E-state index contributed by atoms with van der Waals surface area (Å²) in [6.45, 7) is 5.70. The maximum Gasteiger partial charge on any atom is 0.244 e. The van der Waals surface area contributed by atoms with Crippen molar-refractivity contribution < 1.29 is 4.79 Å². The maximum absolute atomic E-state index is 12.4. The van der Waals surface area contributed by atoms with Crippen molar-refractivity contribution in [3.8, 4) is 0 Å². The Bertz CT molecular complexity index is 494. The van der Waals surface area contributed by atoms with Gasteiger partial charge in [0.25, 0.3) is 0 Å². The van der Waals surface area contributed by atoms with E-state index >= 15 is 0 Å². The predicted octanol–water partition coefficient (Wildman–Crippen LogP) is 0.635. The molecule has 1 unspecified atom stereocenters. The number of hydrogen-bond acceptors (Lipinski definition) is 4. The van der Waals surface area contributed by atoms with Gasteiger partial charge in [-0.2, -0.15) is 5.10 Å². The molecule has 0 spiro atoms. The van der Waals surface area contributed by atoms with Gasteiger partial charge in [0.05, 0.1) is 17.1 Å². The molecule has 1 amide bonds. The first kappa shape index (κ1) is 14.8. The number of nitrogens with two attached hydrogens (primary N) is 1. The number of rotatable bonds is 3. The maximum atomic E-state index is 12.4. The van der Waals surface area contributed by atoms with E-state index in [0.717, 1.165) is 37.3 Å². The van der Waals surface area contributed by atoms with Gasteiger partial charge in [-0.25, -0.2) is 0 Å². The fraction of sp³-hybridized carbons (Fsp3) is 0.714. The number of hydrogen-bond donors (Lipinski definition) is 1. The lowest BCUT2D eigenvalue weighted by Crippen LogP contribution is -2.48. The van der Waals surface area contributed by atoms with Crippen molar-refractivity contribution in [3.05, 3.63) is 11.4 Å². The molecule has 1 aliphatic rings. The number of likely N-dealkylation sites (N-methyl/N-ethyl adjacent to an activating group) is 1. The molecule has 2 N–H and O–H groups in total. The van der Waals surface area contributed by atoms with E-state index < -0.39 is 0 Å². The molecule has 0 bridgehead atoms. The van der Waals surface area contributed by atoms with Crippen LogP contribution in [0.5, 0.6) is 0 Å². The Morgan fingerprint density at radius 3 is 2.70 bits per heavy atom. The van der Waals surface area contributed by atoms with E-state index in [0.29, 0.717) is 11.7 Å². The third-order valence-corrected chi connectivity index (χ3v) is 4.20. The van der Waals surface area contributed by atoms with E-state index in [1.54, 1.807) is 4.68 Å². The van der Waals surface area contributed by atoms with Crippen molar-refractivity contribution in [1.29, 1.82) is 0 Å². The summed E-state index contributed by atoms with van der Waals surface area (Å²) in [5.74, 6) is 0.127. The van der Waals surface area contributed by atoms with Gasteiger partial charge >= 0.3 is 0 Å². The molecule has 112 valence electrons. The second-order valence-corrected chi connectivity index (χ2v) is 5.84. The number of aromatic nitrogens is 2. The van der Waals surface area contributed by atoms with E-state index in [-0.39, 0.29) is 12.5 Å². The van der Waals surface area contributed by atoms with Crippen LogP contribution in [0.25, 0.3) is 0 Å². The average molecular weight is 279 g/mol. The van der Waals surface area contributed by atoms with Gasteiger partial charge in [-0.05, 0) is 40.8 Å². The Labute approximate surface area is 120 Å². The van der Waals surface area contributed by atoms with Crippen molar-refractivity contribution in [2.75, 3.05) is 32.9 Å². The van der Waals surface area contributed by atoms with Crippen molar-refractivity contribution >= 4 is 11.6 Å². The lowest BCUT2D eigenvalue weighted by atomic mass is 10.0. The molecule has 0 aromatic carbocycles. The Balaban J connectivity index is 2.02. The summed E-state index contributed by atoms with van der Waals surface area (Å²) in [6.07, 6.45) is 2.22. The monoisotopic (exact) mass is 279 g/mol. The summed E-state index contributed by atoms with van der Waals surface area (Å²) in [4.78, 5) is 16.6. The first-order valence-electron chi connectivity index (χ1n) is 7.13. The molecule has 1 aromatic rings. The molecule has 0 radical (unpaired) electrons. The Hall–Kier alpha value is -1.56. The first-order chi connectivity index (χ1) is 9.40. The Morgan fingerprint density at radius 2 is 2.15 bits per heavy atom. The normalized spacial score (nSPS) is 19.6. The van der Waals surface area contributed by atoms with Gasteiger partial charge in [0.15, 0.2) is 0 Å². The third kappa shape index (κ3) is 2.95. The molecule has 1 atom stereocenters. The van der Waals surface area contributed by atoms with Gasteiger partial charge in [-0.3, -0.25) is 9.48 Å². The van der Waals surface area contributed by atoms with E-state index in [1.165, 1.54) is 0 Å². The molecule has 6 nitrogen and oxygen atoms in total. The standard InChI is InChI=1S/C14H25N5O/c1-10-14(15)11(2)19(16-10)9-13(20)18-7-5-6-12(8-18)17(3)4/h12H,5-9,15H2,1-4H3. The lowest BCUT2D eigenvalue weighted by Gasteiger charge is -2.36. The van der Waals surface area contributed by atoms with Crippen LogP contribution in [0.3, 0.4) is 0 Å². The number of nitrogen functional groups attached to an aromatic ring is 1. The molecule has 2 heterocycles. The van der Waals surface area contributed by atoms with Crippen molar-refractivity contribution in [2.24, 2.45) is 0 Å². The molecule has 1 saturated heterocycles. The smallest absolute Gasteiger partial charge is 0.244 e. The van der Waals surface area contributed by atoms with E-state index in [2.05, 4.69) is 24.1 Å². The minimum atomic E-state index is 0.127. The zero-order chi connectivity index (χ0) is 14.9. The van der Waals surface area contributed by atoms with Crippen LogP contribution < -0.4 is 5.73 Å². The molecular weight excluding hydrogens is 254 g/mol. The molecule has 0 saturated carbocycles. The van der Waals surface area contributed by atoms with Gasteiger partial charge in [-0.15, -0.1) is 0 Å². The van der Waals surface area contributed by atoms with Gasteiger partial charge in [0.2, 0.25) is 5.91 Å². The number of piperidine rings is 1. The van der Waals surface area contributed by atoms with Crippen LogP contribution in [-0.2, 0) is 11.3 Å². The van der Waals surface area contributed by atoms with E-state index in [1.807, 2.05) is 18.7 Å². The summed E-state index contributed by atoms with van der Waals surface area (Å²) in [7, 11) is 4.14. The first-order valence-corrected chi connectivity index (χ1v) is 7.13. The molecule has 20 heavy (non-hydrogen) atoms. The lowest BCUT2D eigenvalue weighted by molar-refractivity contribution is -0.134. The number of nitrogens with zero attached hydrogens (tertiary/aromatic N) is 4. The van der Waals surface area contributed by atoms with E-state index in [9.17, 15) is 4.79 Å². The number of likely N-dealkylation sites (tertiary alicyclic amines) is 1. The molecule has 1 fully saturated rings. The SMILES string of the molecule is Cc1nn(CC(=O)N2CCCC(N(C)C)C2)c(C)c1N. The fourth-order valence-corrected chi connectivity index (χ4v) is 2.70. The molecule has 1 aliphatic heterocycles. The Kier molecular flexibility index (Phi) is 4.32. The quantitative estimate of drug-likeness (QED) is 0.881. The van der Waals surface area contributed by atoms with E-state index in [4.69, 9.17) is 5.73 Å². The summed E-state index contributed by atoms with van der Waals surface area (Å²) in [6, 6.07) is 0.457. The topological polar surface area (TPSA) is 67.4 Å². The highest BCUT2D eigenvalue weighted by Gasteiger charge is 2.25. The van der Waals surface area contributed by atoms with Crippen LogP contribution in [0.4, 0.5) is 5.69 Å². The van der Waals surface area contributed by atoms with Gasteiger partial charge < -0.3 is 15.5 Å². The van der Waals surface area contributed by atoms with Gasteiger partial charge in [-0.1, -0.05) is 0 Å². The zero-order valence-corrected chi connectivity index (χ0v) is 12.9. The fourth-order valence-electron chi connectivity index (χ4n) is 2.70. The second-order valence-electron chi connectivity index (χ2n) is 5.84. The van der Waals surface area contributed by atoms with Crippen molar-refractivity contribution in [1.82, 2.24) is 19.6 Å². The number of carbonyl (C=O) groups excluding carboxylic acids is 1. The van der Waals surface area contributed by atoms with Crippen LogP contribution in [0.15, 0.2) is 0 Å². The zero-order valence-electron chi connectivity index (χ0n) is 12.9. The van der Waals surface area contributed by atoms with Crippen LogP contribution in [0.1, 0.15) is 24.2 Å². The summed E-state index contributed by atoms with van der Waals surface area (Å²) < 4.78 is 1.71. The van der Waals surface area contributed by atoms with Crippen molar-refractivity contribution in [3.63, 3.8) is 0 Å². The molecular formula is C14H25N5O. The minimum absolute atomic E-state index is 0.127. The van der Waals surface area contributed by atoms with Crippen LogP contribution >= 0.6 is 0 Å². The highest BCUT2D eigenvalue weighted by Crippen LogP contribution is 2.17. The largest absolute Gasteiger partial charge is 0.396 e. The van der Waals surface area contributed by atoms with Crippen LogP contribution in [0.2, 0.25) is 0 Å². The average Bonchev–Trinajstić information content (AvgIpc) is 2.66. The van der Waals surface area contributed by atoms with Gasteiger partial charge in [0, 0.05) is 19.1 Å². The second kappa shape index (κ2) is 5.83. The van der Waals surface area contributed by atoms with Crippen LogP contribution in [-0.4, -0.2) is 58.7 Å². The number of carbonyl (C=O) groups is 1. The number of aryl methyl sites for hydroxylation is 1. The highest BCUT2D eigenvalue weighted by atomic mass is 16.2. The molecule has 2 rings (SSSR count). The summed E-state index contributed by atoms with van der Waals surface area (Å²) in [5.41, 5.74) is 8.25. The summed E-state index contributed by atoms with van der Waals surface area (Å²) in [5, 5.41) is 4.33. The van der Waals surface area contributed by atoms with Crippen LogP contribution in [0, 0.1) is 13.8 Å². The van der Waals surface area contributed by atoms with Gasteiger partial charge in [0.1, 0.15) is 6.54 Å². The van der Waals surface area contributed by atoms with Crippen molar-refractivity contribution in [2.45, 2.75) is 39.3 Å².